The van der Waals surface area contributed by atoms with E-state index in [1.165, 1.54) is 31.4 Å². The number of hydrogen-bond donors (Lipinski definition) is 1. The van der Waals surface area contributed by atoms with E-state index in [4.69, 9.17) is 0 Å². The summed E-state index contributed by atoms with van der Waals surface area (Å²) >= 11 is 0. The number of anilines is 1. The van der Waals surface area contributed by atoms with E-state index in [1.54, 1.807) is 0 Å². The van der Waals surface area contributed by atoms with Crippen LogP contribution in [0.2, 0.25) is 0 Å². The molecule has 0 radical (unpaired) electrons. The number of hydrogen-bond acceptors (Lipinski definition) is 3. The van der Waals surface area contributed by atoms with E-state index >= 15 is 0 Å². The van der Waals surface area contributed by atoms with Gasteiger partial charge >= 0.3 is 5.97 Å². The fourth-order valence-corrected chi connectivity index (χ4v) is 1.00. The molecule has 4 nitrogen and oxygen atoms in total. The van der Waals surface area contributed by atoms with Crippen LogP contribution in [-0.2, 0) is 9.53 Å². The molecule has 0 heterocycles. The van der Waals surface area contributed by atoms with Gasteiger partial charge < -0.3 is 10.1 Å². The van der Waals surface area contributed by atoms with Crippen molar-refractivity contribution in [2.45, 2.75) is 0 Å². The Morgan fingerprint density at radius 2 is 1.93 bits per heavy atom. The Bertz CT molecular complexity index is 361. The molecule has 0 aliphatic rings. The first kappa shape index (κ1) is 11.2. The van der Waals surface area contributed by atoms with Gasteiger partial charge in [0.1, 0.15) is 0 Å². The van der Waals surface area contributed by atoms with Crippen LogP contribution >= 0.6 is 0 Å². The van der Waals surface area contributed by atoms with Gasteiger partial charge in [0.15, 0.2) is 6.67 Å². The maximum atomic E-state index is 11.8. The fraction of sp³-hybridized carbons (Fsp3) is 0.200. The minimum absolute atomic E-state index is 0.371. The van der Waals surface area contributed by atoms with Crippen molar-refractivity contribution in [2.75, 3.05) is 19.1 Å². The van der Waals surface area contributed by atoms with E-state index in [0.717, 1.165) is 0 Å². The number of esters is 1. The van der Waals surface area contributed by atoms with Gasteiger partial charge in [0.25, 0.3) is 5.91 Å². The summed E-state index contributed by atoms with van der Waals surface area (Å²) < 4.78 is 16.3. The van der Waals surface area contributed by atoms with Crippen molar-refractivity contribution in [1.82, 2.24) is 0 Å². The third kappa shape index (κ3) is 3.05. The molecule has 0 spiro atoms. The van der Waals surface area contributed by atoms with Gasteiger partial charge in [-0.3, -0.25) is 4.79 Å². The third-order valence-corrected chi connectivity index (χ3v) is 1.71. The van der Waals surface area contributed by atoms with Gasteiger partial charge in [-0.1, -0.05) is 0 Å². The number of benzene rings is 1. The van der Waals surface area contributed by atoms with Gasteiger partial charge in [0.05, 0.1) is 12.7 Å². The maximum absolute atomic E-state index is 11.8. The van der Waals surface area contributed by atoms with Crippen molar-refractivity contribution in [3.8, 4) is 0 Å². The zero-order chi connectivity index (χ0) is 11.3. The molecule has 1 N–H and O–H groups in total. The zero-order valence-electron chi connectivity index (χ0n) is 8.12. The lowest BCUT2D eigenvalue weighted by molar-refractivity contribution is -0.117. The number of carbonyl (C=O) groups is 2. The van der Waals surface area contributed by atoms with Crippen LogP contribution < -0.4 is 5.32 Å². The number of methoxy groups -OCH3 is 1. The number of rotatable bonds is 3. The molecule has 0 atom stereocenters. The molecule has 80 valence electrons. The van der Waals surface area contributed by atoms with Gasteiger partial charge in [-0.05, 0) is 24.3 Å². The van der Waals surface area contributed by atoms with Crippen molar-refractivity contribution in [2.24, 2.45) is 0 Å². The first-order chi connectivity index (χ1) is 7.17. The van der Waals surface area contributed by atoms with Gasteiger partial charge in [-0.15, -0.1) is 0 Å². The molecule has 0 fully saturated rings. The summed E-state index contributed by atoms with van der Waals surface area (Å²) in [7, 11) is 1.28. The summed E-state index contributed by atoms with van der Waals surface area (Å²) in [5.41, 5.74) is 0.807. The Balaban J connectivity index is 2.72. The highest BCUT2D eigenvalue weighted by Crippen LogP contribution is 2.10. The molecule has 0 unspecified atom stereocenters. The average molecular weight is 211 g/mol. The summed E-state index contributed by atoms with van der Waals surface area (Å²) in [4.78, 5) is 21.7. The Morgan fingerprint density at radius 1 is 1.33 bits per heavy atom. The lowest BCUT2D eigenvalue weighted by Crippen LogP contribution is -2.13. The molecule has 15 heavy (non-hydrogen) atoms. The van der Waals surface area contributed by atoms with Crippen molar-refractivity contribution in [1.29, 1.82) is 0 Å². The number of nitrogens with one attached hydrogen (secondary N) is 1. The normalized spacial score (nSPS) is 9.47. The average Bonchev–Trinajstić information content (AvgIpc) is 2.29. The van der Waals surface area contributed by atoms with E-state index in [-0.39, 0.29) is 0 Å². The Labute approximate surface area is 86.0 Å². The SMILES string of the molecule is COC(=O)c1ccc(NC(=O)CF)cc1. The number of alkyl halides is 1. The van der Waals surface area contributed by atoms with E-state index in [1.807, 2.05) is 0 Å². The number of halogens is 1. The second-order valence-electron chi connectivity index (χ2n) is 2.75. The summed E-state index contributed by atoms with van der Waals surface area (Å²) in [5.74, 6) is -1.18. The zero-order valence-corrected chi connectivity index (χ0v) is 8.12. The van der Waals surface area contributed by atoms with Gasteiger partial charge in [-0.2, -0.15) is 0 Å². The molecule has 0 aliphatic heterocycles. The number of ether oxygens (including phenoxy) is 1. The first-order valence-electron chi connectivity index (χ1n) is 4.21. The lowest BCUT2D eigenvalue weighted by atomic mass is 10.2. The molecule has 5 heteroatoms. The van der Waals surface area contributed by atoms with Crippen LogP contribution in [0.3, 0.4) is 0 Å². The molecule has 0 saturated carbocycles. The molecule has 0 aliphatic carbocycles. The third-order valence-electron chi connectivity index (χ3n) is 1.71. The van der Waals surface area contributed by atoms with Crippen molar-refractivity contribution in [3.05, 3.63) is 29.8 Å². The minimum atomic E-state index is -1.07. The molecule has 1 aromatic rings. The quantitative estimate of drug-likeness (QED) is 0.768. The van der Waals surface area contributed by atoms with Crippen molar-refractivity contribution >= 4 is 17.6 Å². The van der Waals surface area contributed by atoms with E-state index in [2.05, 4.69) is 10.1 Å². The Hall–Kier alpha value is -1.91. The summed E-state index contributed by atoms with van der Waals surface area (Å²) in [6.45, 7) is -1.07. The van der Waals surface area contributed by atoms with Crippen molar-refractivity contribution < 1.29 is 18.7 Å². The van der Waals surface area contributed by atoms with Crippen LogP contribution in [-0.4, -0.2) is 25.7 Å². The van der Waals surface area contributed by atoms with E-state index in [0.29, 0.717) is 11.3 Å². The van der Waals surface area contributed by atoms with Crippen LogP contribution in [0.25, 0.3) is 0 Å². The molecule has 0 aromatic heterocycles. The van der Waals surface area contributed by atoms with E-state index < -0.39 is 18.6 Å². The largest absolute Gasteiger partial charge is 0.465 e. The van der Waals surface area contributed by atoms with Crippen LogP contribution in [0, 0.1) is 0 Å². The number of carbonyl (C=O) groups excluding carboxylic acids is 2. The molecule has 0 bridgehead atoms. The maximum Gasteiger partial charge on any atom is 0.337 e. The molecule has 1 aromatic carbocycles. The fourth-order valence-electron chi connectivity index (χ4n) is 1.00. The standard InChI is InChI=1S/C10H10FNO3/c1-15-10(14)7-2-4-8(5-3-7)12-9(13)6-11/h2-5H,6H2,1H3,(H,12,13). The molecule has 0 saturated heterocycles. The highest BCUT2D eigenvalue weighted by molar-refractivity contribution is 5.93. The highest BCUT2D eigenvalue weighted by atomic mass is 19.1. The van der Waals surface area contributed by atoms with Gasteiger partial charge in [0.2, 0.25) is 0 Å². The van der Waals surface area contributed by atoms with Crippen LogP contribution in [0.5, 0.6) is 0 Å². The predicted octanol–water partition coefficient (Wildman–Crippen LogP) is 1.38. The summed E-state index contributed by atoms with van der Waals surface area (Å²) in [6, 6.07) is 5.97. The highest BCUT2D eigenvalue weighted by Gasteiger charge is 2.05. The Morgan fingerprint density at radius 3 is 2.40 bits per heavy atom. The molecule has 1 rings (SSSR count). The molecule has 1 amide bonds. The lowest BCUT2D eigenvalue weighted by Gasteiger charge is -2.03. The second-order valence-corrected chi connectivity index (χ2v) is 2.75. The predicted molar refractivity (Wildman–Crippen MR) is 52.4 cm³/mol. The molecular weight excluding hydrogens is 201 g/mol. The summed E-state index contributed by atoms with van der Waals surface area (Å²) in [6.07, 6.45) is 0. The molecular formula is C10H10FNO3. The van der Waals surface area contributed by atoms with Gasteiger partial charge in [-0.25, -0.2) is 9.18 Å². The van der Waals surface area contributed by atoms with Crippen molar-refractivity contribution in [3.63, 3.8) is 0 Å². The smallest absolute Gasteiger partial charge is 0.337 e. The van der Waals surface area contributed by atoms with Crippen LogP contribution in [0.1, 0.15) is 10.4 Å². The summed E-state index contributed by atoms with van der Waals surface area (Å²) in [5, 5.41) is 2.31. The van der Waals surface area contributed by atoms with Crippen LogP contribution in [0.15, 0.2) is 24.3 Å². The second kappa shape index (κ2) is 5.09. The number of amides is 1. The first-order valence-corrected chi connectivity index (χ1v) is 4.21. The monoisotopic (exact) mass is 211 g/mol. The van der Waals surface area contributed by atoms with E-state index in [9.17, 15) is 14.0 Å². The van der Waals surface area contributed by atoms with Crippen LogP contribution in [0.4, 0.5) is 10.1 Å². The topological polar surface area (TPSA) is 55.4 Å². The Kier molecular flexibility index (Phi) is 3.79. The minimum Gasteiger partial charge on any atom is -0.465 e. The van der Waals surface area contributed by atoms with Gasteiger partial charge in [0, 0.05) is 5.69 Å².